The number of aryl methyl sites for hydroxylation is 2. The fraction of sp³-hybridized carbons (Fsp3) is 0.375. The molecule has 1 aromatic carbocycles. The molecule has 2 rings (SSSR count). The van der Waals surface area contributed by atoms with Gasteiger partial charge in [-0.05, 0) is 24.3 Å². The van der Waals surface area contributed by atoms with Crippen LogP contribution in [-0.2, 0) is 19.3 Å². The van der Waals surface area contributed by atoms with Gasteiger partial charge in [0.25, 0.3) is 0 Å². The highest BCUT2D eigenvalue weighted by atomic mass is 16.5. The normalized spacial score (nSPS) is 10.9. The third kappa shape index (κ3) is 3.47. The summed E-state index contributed by atoms with van der Waals surface area (Å²) in [5, 5.41) is 13.3. The molecule has 0 aliphatic rings. The molecule has 1 aromatic heterocycles. The number of aromatic nitrogens is 1. The Morgan fingerprint density at radius 2 is 1.95 bits per heavy atom. The van der Waals surface area contributed by atoms with E-state index in [0.29, 0.717) is 30.2 Å². The minimum atomic E-state index is -0.954. The molecule has 0 amide bonds. The highest BCUT2D eigenvalue weighted by molar-refractivity contribution is 5.90. The van der Waals surface area contributed by atoms with Crippen LogP contribution in [0.4, 0.5) is 0 Å². The summed E-state index contributed by atoms with van der Waals surface area (Å²) >= 11 is 0. The summed E-state index contributed by atoms with van der Waals surface area (Å²) in [6, 6.07) is 9.95. The van der Waals surface area contributed by atoms with Crippen LogP contribution in [-0.4, -0.2) is 16.2 Å². The minimum absolute atomic E-state index is 0.245. The van der Waals surface area contributed by atoms with E-state index in [1.54, 1.807) is 0 Å². The second kappa shape index (κ2) is 6.37. The Bertz CT molecular complexity index is 573. The van der Waals surface area contributed by atoms with Crippen LogP contribution >= 0.6 is 0 Å². The fourth-order valence-corrected chi connectivity index (χ4v) is 2.19. The Balaban J connectivity index is 2.15. The quantitative estimate of drug-likeness (QED) is 0.876. The van der Waals surface area contributed by atoms with Gasteiger partial charge in [-0.25, -0.2) is 4.79 Å². The second-order valence-corrected chi connectivity index (χ2v) is 5.32. The lowest BCUT2D eigenvalue weighted by Gasteiger charge is -2.02. The molecule has 1 N–H and O–H groups in total. The minimum Gasteiger partial charge on any atom is -0.477 e. The summed E-state index contributed by atoms with van der Waals surface area (Å²) in [7, 11) is 0. The van der Waals surface area contributed by atoms with E-state index in [2.05, 4.69) is 5.16 Å². The number of carboxylic acid groups (broad SMARTS) is 1. The molecule has 0 bridgehead atoms. The molecule has 0 spiro atoms. The molecule has 0 fully saturated rings. The lowest BCUT2D eigenvalue weighted by atomic mass is 10.0. The van der Waals surface area contributed by atoms with Gasteiger partial charge in [0.15, 0.2) is 5.76 Å². The van der Waals surface area contributed by atoms with Crippen LogP contribution in [0.2, 0.25) is 0 Å². The van der Waals surface area contributed by atoms with Crippen LogP contribution in [0.3, 0.4) is 0 Å². The molecule has 20 heavy (non-hydrogen) atoms. The van der Waals surface area contributed by atoms with Crippen molar-refractivity contribution in [2.75, 3.05) is 0 Å². The third-order valence-electron chi connectivity index (χ3n) is 3.13. The van der Waals surface area contributed by atoms with E-state index >= 15 is 0 Å². The molecule has 4 nitrogen and oxygen atoms in total. The topological polar surface area (TPSA) is 63.3 Å². The molecule has 0 aliphatic carbocycles. The van der Waals surface area contributed by atoms with E-state index in [4.69, 9.17) is 4.52 Å². The first kappa shape index (κ1) is 14.3. The van der Waals surface area contributed by atoms with E-state index in [1.807, 2.05) is 44.2 Å². The van der Waals surface area contributed by atoms with Crippen LogP contribution in [0.15, 0.2) is 34.9 Å². The van der Waals surface area contributed by atoms with Gasteiger partial charge in [-0.1, -0.05) is 49.3 Å². The maximum atomic E-state index is 11.4. The Morgan fingerprint density at radius 1 is 1.25 bits per heavy atom. The SMILES string of the molecule is CC(C)Cc1onc(CCc2ccccc2)c1C(=O)O. The highest BCUT2D eigenvalue weighted by Crippen LogP contribution is 2.19. The zero-order chi connectivity index (χ0) is 14.5. The van der Waals surface area contributed by atoms with Crippen LogP contribution in [0.1, 0.15) is 41.2 Å². The Hall–Kier alpha value is -2.10. The predicted molar refractivity (Wildman–Crippen MR) is 75.9 cm³/mol. The van der Waals surface area contributed by atoms with Crippen molar-refractivity contribution in [3.8, 4) is 0 Å². The van der Waals surface area contributed by atoms with Crippen LogP contribution < -0.4 is 0 Å². The molecule has 0 aliphatic heterocycles. The number of carboxylic acids is 1. The fourth-order valence-electron chi connectivity index (χ4n) is 2.19. The van der Waals surface area contributed by atoms with Gasteiger partial charge in [-0.2, -0.15) is 0 Å². The van der Waals surface area contributed by atoms with Crippen molar-refractivity contribution in [3.05, 3.63) is 52.9 Å². The number of benzene rings is 1. The first-order chi connectivity index (χ1) is 9.58. The van der Waals surface area contributed by atoms with Gasteiger partial charge < -0.3 is 9.63 Å². The van der Waals surface area contributed by atoms with Crippen LogP contribution in [0.5, 0.6) is 0 Å². The molecule has 2 aromatic rings. The average Bonchev–Trinajstić information content (AvgIpc) is 2.79. The van der Waals surface area contributed by atoms with Crippen molar-refractivity contribution in [2.24, 2.45) is 5.92 Å². The predicted octanol–water partition coefficient (Wildman–Crippen LogP) is 3.36. The zero-order valence-electron chi connectivity index (χ0n) is 11.8. The van der Waals surface area contributed by atoms with Gasteiger partial charge in [0.1, 0.15) is 5.56 Å². The third-order valence-corrected chi connectivity index (χ3v) is 3.13. The number of aromatic carboxylic acids is 1. The average molecular weight is 273 g/mol. The summed E-state index contributed by atoms with van der Waals surface area (Å²) in [5.41, 5.74) is 1.95. The molecule has 0 atom stereocenters. The van der Waals surface area contributed by atoms with Crippen molar-refractivity contribution in [1.82, 2.24) is 5.16 Å². The monoisotopic (exact) mass is 273 g/mol. The van der Waals surface area contributed by atoms with Gasteiger partial charge in [0, 0.05) is 6.42 Å². The summed E-state index contributed by atoms with van der Waals surface area (Å²) in [4.78, 5) is 11.4. The Morgan fingerprint density at radius 3 is 2.55 bits per heavy atom. The van der Waals surface area contributed by atoms with Crippen molar-refractivity contribution < 1.29 is 14.4 Å². The standard InChI is InChI=1S/C16H19NO3/c1-11(2)10-14-15(16(18)19)13(17-20-14)9-8-12-6-4-3-5-7-12/h3-7,11H,8-10H2,1-2H3,(H,18,19). The number of hydrogen-bond acceptors (Lipinski definition) is 3. The lowest BCUT2D eigenvalue weighted by molar-refractivity contribution is 0.0693. The van der Waals surface area contributed by atoms with Gasteiger partial charge in [0.05, 0.1) is 5.69 Å². The zero-order valence-corrected chi connectivity index (χ0v) is 11.8. The van der Waals surface area contributed by atoms with Crippen molar-refractivity contribution in [1.29, 1.82) is 0 Å². The molecule has 0 unspecified atom stereocenters. The number of hydrogen-bond donors (Lipinski definition) is 1. The maximum Gasteiger partial charge on any atom is 0.341 e. The van der Waals surface area contributed by atoms with E-state index in [-0.39, 0.29) is 5.56 Å². The molecule has 0 saturated heterocycles. The number of rotatable bonds is 6. The first-order valence-corrected chi connectivity index (χ1v) is 6.82. The summed E-state index contributed by atoms with van der Waals surface area (Å²) in [6.45, 7) is 4.05. The molecule has 106 valence electrons. The van der Waals surface area contributed by atoms with Gasteiger partial charge in [-0.3, -0.25) is 0 Å². The number of carbonyl (C=O) groups is 1. The molecule has 1 heterocycles. The molecular formula is C16H19NO3. The molecule has 0 radical (unpaired) electrons. The van der Waals surface area contributed by atoms with Crippen molar-refractivity contribution >= 4 is 5.97 Å². The van der Waals surface area contributed by atoms with E-state index < -0.39 is 5.97 Å². The van der Waals surface area contributed by atoms with Crippen LogP contribution in [0.25, 0.3) is 0 Å². The van der Waals surface area contributed by atoms with Gasteiger partial charge in [-0.15, -0.1) is 0 Å². The number of nitrogens with zero attached hydrogens (tertiary/aromatic N) is 1. The van der Waals surface area contributed by atoms with E-state index in [1.165, 1.54) is 0 Å². The first-order valence-electron chi connectivity index (χ1n) is 6.82. The second-order valence-electron chi connectivity index (χ2n) is 5.32. The van der Waals surface area contributed by atoms with Crippen molar-refractivity contribution in [3.63, 3.8) is 0 Å². The maximum absolute atomic E-state index is 11.4. The van der Waals surface area contributed by atoms with Crippen LogP contribution in [0, 0.1) is 5.92 Å². The van der Waals surface area contributed by atoms with E-state index in [0.717, 1.165) is 12.0 Å². The largest absolute Gasteiger partial charge is 0.477 e. The summed E-state index contributed by atoms with van der Waals surface area (Å²) < 4.78 is 5.23. The van der Waals surface area contributed by atoms with Crippen molar-refractivity contribution in [2.45, 2.75) is 33.1 Å². The smallest absolute Gasteiger partial charge is 0.341 e. The summed E-state index contributed by atoms with van der Waals surface area (Å²) in [5.74, 6) is -0.136. The summed E-state index contributed by atoms with van der Waals surface area (Å²) in [6.07, 6.45) is 1.93. The van der Waals surface area contributed by atoms with Gasteiger partial charge in [0.2, 0.25) is 0 Å². The lowest BCUT2D eigenvalue weighted by Crippen LogP contribution is -2.06. The van der Waals surface area contributed by atoms with E-state index in [9.17, 15) is 9.90 Å². The van der Waals surface area contributed by atoms with Gasteiger partial charge >= 0.3 is 5.97 Å². The molecule has 4 heteroatoms. The highest BCUT2D eigenvalue weighted by Gasteiger charge is 2.22. The Kier molecular flexibility index (Phi) is 4.56. The Labute approximate surface area is 118 Å². The molecular weight excluding hydrogens is 254 g/mol. The molecule has 0 saturated carbocycles.